The zero-order valence-corrected chi connectivity index (χ0v) is 9.04. The van der Waals surface area contributed by atoms with Crippen LogP contribution in [0.2, 0.25) is 0 Å². The molecule has 4 nitrogen and oxygen atoms in total. The lowest BCUT2D eigenvalue weighted by Gasteiger charge is -2.08. The number of alkyl halides is 3. The number of carboxylic acid groups (broad SMARTS) is 1. The number of halogens is 3. The number of furan rings is 1. The number of ether oxygens (including phenoxy) is 1. The number of carboxylic acids is 1. The predicted molar refractivity (Wildman–Crippen MR) is 54.6 cm³/mol. The first-order chi connectivity index (χ1) is 8.28. The van der Waals surface area contributed by atoms with Gasteiger partial charge in [0.05, 0.1) is 0 Å². The van der Waals surface area contributed by atoms with E-state index < -0.39 is 18.1 Å². The molecule has 1 N–H and O–H groups in total. The molecule has 0 fully saturated rings. The van der Waals surface area contributed by atoms with Gasteiger partial charge in [0.1, 0.15) is 22.7 Å². The average molecular weight is 260 g/mol. The molecule has 0 amide bonds. The Morgan fingerprint density at radius 3 is 2.61 bits per heavy atom. The number of hydrogen-bond acceptors (Lipinski definition) is 3. The Hall–Kier alpha value is -2.18. The molecule has 96 valence electrons. The van der Waals surface area contributed by atoms with Gasteiger partial charge in [-0.2, -0.15) is 0 Å². The van der Waals surface area contributed by atoms with Crippen molar-refractivity contribution in [3.05, 3.63) is 29.5 Å². The molecule has 0 aliphatic rings. The first-order valence-corrected chi connectivity index (χ1v) is 4.80. The molecule has 0 saturated heterocycles. The van der Waals surface area contributed by atoms with E-state index in [0.717, 1.165) is 12.1 Å². The number of benzene rings is 1. The summed E-state index contributed by atoms with van der Waals surface area (Å²) in [5.41, 5.74) is 0.0250. The number of aromatic carboxylic acids is 1. The topological polar surface area (TPSA) is 59.7 Å². The molecule has 7 heteroatoms. The summed E-state index contributed by atoms with van der Waals surface area (Å²) in [5.74, 6) is -1.63. The minimum atomic E-state index is -4.82. The van der Waals surface area contributed by atoms with Gasteiger partial charge < -0.3 is 14.3 Å². The number of aryl methyl sites for hydroxylation is 1. The molecule has 0 bridgehead atoms. The van der Waals surface area contributed by atoms with Crippen molar-refractivity contribution in [3.8, 4) is 5.75 Å². The van der Waals surface area contributed by atoms with Crippen molar-refractivity contribution in [1.29, 1.82) is 0 Å². The van der Waals surface area contributed by atoms with Gasteiger partial charge in [-0.1, -0.05) is 0 Å². The lowest BCUT2D eigenvalue weighted by molar-refractivity contribution is -0.274. The summed E-state index contributed by atoms with van der Waals surface area (Å²) in [7, 11) is 0. The molecule has 0 unspecified atom stereocenters. The fourth-order valence-electron chi connectivity index (χ4n) is 1.66. The summed E-state index contributed by atoms with van der Waals surface area (Å²) in [5, 5.41) is 9.02. The average Bonchev–Trinajstić information content (AvgIpc) is 2.50. The quantitative estimate of drug-likeness (QED) is 0.899. The van der Waals surface area contributed by atoms with Crippen LogP contribution in [0.1, 0.15) is 16.1 Å². The van der Waals surface area contributed by atoms with Crippen molar-refractivity contribution < 1.29 is 32.2 Å². The highest BCUT2D eigenvalue weighted by atomic mass is 19.4. The molecule has 0 aliphatic heterocycles. The van der Waals surface area contributed by atoms with Crippen LogP contribution < -0.4 is 4.74 Å². The van der Waals surface area contributed by atoms with Gasteiger partial charge >= 0.3 is 12.3 Å². The standard InChI is InChI=1S/C11H7F3O4/c1-5-9(10(15)16)7-4-6(18-11(12,13)14)2-3-8(7)17-5/h2-4H,1H3,(H,15,16). The van der Waals surface area contributed by atoms with Crippen LogP contribution in [0.3, 0.4) is 0 Å². The van der Waals surface area contributed by atoms with Crippen molar-refractivity contribution >= 4 is 16.9 Å². The minimum Gasteiger partial charge on any atom is -0.478 e. The molecular weight excluding hydrogens is 253 g/mol. The largest absolute Gasteiger partial charge is 0.573 e. The fraction of sp³-hybridized carbons (Fsp3) is 0.182. The highest BCUT2D eigenvalue weighted by molar-refractivity contribution is 6.03. The molecule has 0 spiro atoms. The third kappa shape index (κ3) is 2.24. The molecule has 0 radical (unpaired) electrons. The molecule has 0 saturated carbocycles. The number of fused-ring (bicyclic) bond motifs is 1. The molecule has 18 heavy (non-hydrogen) atoms. The van der Waals surface area contributed by atoms with E-state index >= 15 is 0 Å². The van der Waals surface area contributed by atoms with Gasteiger partial charge in [-0.25, -0.2) is 4.79 Å². The van der Waals surface area contributed by atoms with E-state index in [1.54, 1.807) is 0 Å². The van der Waals surface area contributed by atoms with Crippen molar-refractivity contribution in [3.63, 3.8) is 0 Å². The van der Waals surface area contributed by atoms with Gasteiger partial charge in [-0.15, -0.1) is 13.2 Å². The van der Waals surface area contributed by atoms with Crippen molar-refractivity contribution in [2.24, 2.45) is 0 Å². The van der Waals surface area contributed by atoms with Crippen molar-refractivity contribution in [2.45, 2.75) is 13.3 Å². The molecule has 1 aromatic carbocycles. The summed E-state index contributed by atoms with van der Waals surface area (Å²) in [6.07, 6.45) is -4.82. The van der Waals surface area contributed by atoms with Gasteiger partial charge in [0.25, 0.3) is 0 Å². The van der Waals surface area contributed by atoms with E-state index in [2.05, 4.69) is 4.74 Å². The second-order valence-corrected chi connectivity index (χ2v) is 3.54. The van der Waals surface area contributed by atoms with Gasteiger partial charge in [0.2, 0.25) is 0 Å². The smallest absolute Gasteiger partial charge is 0.478 e. The van der Waals surface area contributed by atoms with Crippen molar-refractivity contribution in [2.75, 3.05) is 0 Å². The normalized spacial score (nSPS) is 11.8. The molecular formula is C11H7F3O4. The summed E-state index contributed by atoms with van der Waals surface area (Å²) < 4.78 is 45.0. The lowest BCUT2D eigenvalue weighted by atomic mass is 10.1. The molecule has 0 aliphatic carbocycles. The van der Waals surface area contributed by atoms with Crippen LogP contribution in [0.25, 0.3) is 11.0 Å². The lowest BCUT2D eigenvalue weighted by Crippen LogP contribution is -2.17. The third-order valence-corrected chi connectivity index (χ3v) is 2.28. The molecule has 0 atom stereocenters. The maximum absolute atomic E-state index is 12.0. The van der Waals surface area contributed by atoms with E-state index in [4.69, 9.17) is 9.52 Å². The van der Waals surface area contributed by atoms with Gasteiger partial charge in [0.15, 0.2) is 0 Å². The second-order valence-electron chi connectivity index (χ2n) is 3.54. The molecule has 1 aromatic heterocycles. The van der Waals surface area contributed by atoms with Crippen LogP contribution in [0.4, 0.5) is 13.2 Å². The monoisotopic (exact) mass is 260 g/mol. The molecule has 1 heterocycles. The fourth-order valence-corrected chi connectivity index (χ4v) is 1.66. The SMILES string of the molecule is Cc1oc2ccc(OC(F)(F)F)cc2c1C(=O)O. The van der Waals surface area contributed by atoms with Gasteiger partial charge in [0, 0.05) is 5.39 Å². The van der Waals surface area contributed by atoms with E-state index in [0.29, 0.717) is 0 Å². The maximum Gasteiger partial charge on any atom is 0.573 e. The van der Waals surface area contributed by atoms with E-state index in [-0.39, 0.29) is 22.3 Å². The zero-order valence-electron chi connectivity index (χ0n) is 9.04. The van der Waals surface area contributed by atoms with Crippen LogP contribution in [-0.4, -0.2) is 17.4 Å². The van der Waals surface area contributed by atoms with E-state index in [9.17, 15) is 18.0 Å². The Morgan fingerprint density at radius 1 is 1.39 bits per heavy atom. The Balaban J connectivity index is 2.56. The van der Waals surface area contributed by atoms with Crippen LogP contribution in [0.15, 0.2) is 22.6 Å². The van der Waals surface area contributed by atoms with E-state index in [1.807, 2.05) is 0 Å². The van der Waals surface area contributed by atoms with Crippen molar-refractivity contribution in [1.82, 2.24) is 0 Å². The molecule has 2 aromatic rings. The number of hydrogen-bond donors (Lipinski definition) is 1. The van der Waals surface area contributed by atoms with Gasteiger partial charge in [-0.05, 0) is 25.1 Å². The summed E-state index contributed by atoms with van der Waals surface area (Å²) in [4.78, 5) is 11.0. The summed E-state index contributed by atoms with van der Waals surface area (Å²) >= 11 is 0. The minimum absolute atomic E-state index is 0.0711. The Bertz CT molecular complexity index is 613. The second kappa shape index (κ2) is 3.94. The van der Waals surface area contributed by atoms with Crippen LogP contribution >= 0.6 is 0 Å². The summed E-state index contributed by atoms with van der Waals surface area (Å²) in [6, 6.07) is 3.28. The highest BCUT2D eigenvalue weighted by Crippen LogP contribution is 2.31. The predicted octanol–water partition coefficient (Wildman–Crippen LogP) is 3.34. The number of rotatable bonds is 2. The number of carbonyl (C=O) groups is 1. The Morgan fingerprint density at radius 2 is 2.06 bits per heavy atom. The van der Waals surface area contributed by atoms with Crippen LogP contribution in [0.5, 0.6) is 5.75 Å². The highest BCUT2D eigenvalue weighted by Gasteiger charge is 2.31. The van der Waals surface area contributed by atoms with Crippen LogP contribution in [0, 0.1) is 6.92 Å². The van der Waals surface area contributed by atoms with Gasteiger partial charge in [-0.3, -0.25) is 0 Å². The zero-order chi connectivity index (χ0) is 13.5. The Labute approximate surface area is 98.6 Å². The Kier molecular flexibility index (Phi) is 2.68. The maximum atomic E-state index is 12.0. The first-order valence-electron chi connectivity index (χ1n) is 4.80. The van der Waals surface area contributed by atoms with E-state index in [1.165, 1.54) is 13.0 Å². The summed E-state index contributed by atoms with van der Waals surface area (Å²) in [6.45, 7) is 1.42. The van der Waals surface area contributed by atoms with Crippen LogP contribution in [-0.2, 0) is 0 Å². The first kappa shape index (κ1) is 12.3. The third-order valence-electron chi connectivity index (χ3n) is 2.28. The molecule has 2 rings (SSSR count).